The van der Waals surface area contributed by atoms with Crippen LogP contribution in [0.3, 0.4) is 0 Å². The number of rotatable bonds is 5. The van der Waals surface area contributed by atoms with Crippen LogP contribution in [0.5, 0.6) is 11.5 Å². The first-order chi connectivity index (χ1) is 11.1. The molecule has 7 heteroatoms. The van der Waals surface area contributed by atoms with E-state index in [0.29, 0.717) is 17.1 Å². The molecule has 0 spiro atoms. The number of benzene rings is 1. The lowest BCUT2D eigenvalue weighted by Crippen LogP contribution is -2.42. The fourth-order valence-electron chi connectivity index (χ4n) is 2.47. The lowest BCUT2D eigenvalue weighted by molar-refractivity contribution is -0.139. The van der Waals surface area contributed by atoms with Gasteiger partial charge in [-0.25, -0.2) is 5.43 Å². The summed E-state index contributed by atoms with van der Waals surface area (Å²) in [5.74, 6) is -0.224. The first-order valence-corrected chi connectivity index (χ1v) is 7.50. The highest BCUT2D eigenvalue weighted by atomic mass is 16.5. The molecule has 124 valence electrons. The van der Waals surface area contributed by atoms with Gasteiger partial charge in [0.2, 0.25) is 0 Å². The molecule has 1 aromatic rings. The van der Waals surface area contributed by atoms with E-state index in [2.05, 4.69) is 15.8 Å². The quantitative estimate of drug-likeness (QED) is 0.485. The maximum Gasteiger partial charge on any atom is 0.329 e. The zero-order valence-electron chi connectivity index (χ0n) is 13.3. The maximum absolute atomic E-state index is 11.7. The third-order valence-electron chi connectivity index (χ3n) is 3.70. The highest BCUT2D eigenvalue weighted by molar-refractivity contribution is 6.35. The number of nitrogens with one attached hydrogen (secondary N) is 2. The molecule has 2 rings (SSSR count). The van der Waals surface area contributed by atoms with Gasteiger partial charge >= 0.3 is 11.8 Å². The van der Waals surface area contributed by atoms with Crippen molar-refractivity contribution in [1.29, 1.82) is 0 Å². The van der Waals surface area contributed by atoms with Crippen molar-refractivity contribution in [2.75, 3.05) is 14.2 Å². The van der Waals surface area contributed by atoms with Crippen LogP contribution >= 0.6 is 0 Å². The Kier molecular flexibility index (Phi) is 5.96. The summed E-state index contributed by atoms with van der Waals surface area (Å²) in [6.07, 6.45) is 5.41. The second-order valence-corrected chi connectivity index (χ2v) is 5.26. The SMILES string of the molecule is COc1ccc(OC)c(C=NNC(=O)C(=O)NC2CCCC2)c1. The standard InChI is InChI=1S/C16H21N3O4/c1-22-13-7-8-14(23-2)11(9-13)10-17-19-16(21)15(20)18-12-5-3-4-6-12/h7-10,12H,3-6H2,1-2H3,(H,18,20)(H,19,21). The fourth-order valence-corrected chi connectivity index (χ4v) is 2.47. The minimum atomic E-state index is -0.782. The van der Waals surface area contributed by atoms with E-state index >= 15 is 0 Å². The van der Waals surface area contributed by atoms with Gasteiger partial charge in [-0.15, -0.1) is 0 Å². The topological polar surface area (TPSA) is 89.0 Å². The van der Waals surface area contributed by atoms with Gasteiger partial charge in [-0.3, -0.25) is 9.59 Å². The zero-order valence-corrected chi connectivity index (χ0v) is 13.3. The van der Waals surface area contributed by atoms with Crippen molar-refractivity contribution in [2.45, 2.75) is 31.7 Å². The molecule has 23 heavy (non-hydrogen) atoms. The van der Waals surface area contributed by atoms with Crippen LogP contribution < -0.4 is 20.2 Å². The van der Waals surface area contributed by atoms with E-state index in [0.717, 1.165) is 25.7 Å². The second kappa shape index (κ2) is 8.17. The molecule has 2 N–H and O–H groups in total. The van der Waals surface area contributed by atoms with Crippen molar-refractivity contribution in [1.82, 2.24) is 10.7 Å². The Labute approximate surface area is 135 Å². The van der Waals surface area contributed by atoms with Crippen LogP contribution in [0.4, 0.5) is 0 Å². The lowest BCUT2D eigenvalue weighted by atomic mass is 10.2. The van der Waals surface area contributed by atoms with E-state index in [1.807, 2.05) is 0 Å². The van der Waals surface area contributed by atoms with Crippen LogP contribution in [0.2, 0.25) is 0 Å². The van der Waals surface area contributed by atoms with Crippen molar-refractivity contribution in [3.8, 4) is 11.5 Å². The summed E-state index contributed by atoms with van der Waals surface area (Å²) in [5, 5.41) is 6.50. The average molecular weight is 319 g/mol. The minimum Gasteiger partial charge on any atom is -0.497 e. The van der Waals surface area contributed by atoms with Crippen molar-refractivity contribution in [3.63, 3.8) is 0 Å². The molecule has 0 aromatic heterocycles. The highest BCUT2D eigenvalue weighted by Crippen LogP contribution is 2.22. The van der Waals surface area contributed by atoms with Gasteiger partial charge in [-0.2, -0.15) is 5.10 Å². The number of carbonyl (C=O) groups is 2. The molecule has 0 unspecified atom stereocenters. The summed E-state index contributed by atoms with van der Waals surface area (Å²) < 4.78 is 10.3. The molecule has 2 amide bonds. The molecular formula is C16H21N3O4. The van der Waals surface area contributed by atoms with Crippen LogP contribution in [0.25, 0.3) is 0 Å². The van der Waals surface area contributed by atoms with Gasteiger partial charge in [0.05, 0.1) is 20.4 Å². The number of hydrogen-bond acceptors (Lipinski definition) is 5. The molecule has 0 saturated heterocycles. The van der Waals surface area contributed by atoms with Gasteiger partial charge in [0.1, 0.15) is 11.5 Å². The molecule has 1 saturated carbocycles. The monoisotopic (exact) mass is 319 g/mol. The summed E-state index contributed by atoms with van der Waals surface area (Å²) in [6.45, 7) is 0. The Bertz CT molecular complexity index is 595. The number of carbonyl (C=O) groups excluding carboxylic acids is 2. The summed E-state index contributed by atoms with van der Waals surface area (Å²) in [4.78, 5) is 23.4. The van der Waals surface area contributed by atoms with Crippen LogP contribution in [0, 0.1) is 0 Å². The summed E-state index contributed by atoms with van der Waals surface area (Å²) in [7, 11) is 3.09. The second-order valence-electron chi connectivity index (χ2n) is 5.26. The lowest BCUT2D eigenvalue weighted by Gasteiger charge is -2.10. The Morgan fingerprint density at radius 1 is 1.17 bits per heavy atom. The predicted molar refractivity (Wildman–Crippen MR) is 85.7 cm³/mol. The summed E-state index contributed by atoms with van der Waals surface area (Å²) in [6, 6.07) is 5.29. The van der Waals surface area contributed by atoms with Gasteiger partial charge < -0.3 is 14.8 Å². The first-order valence-electron chi connectivity index (χ1n) is 7.50. The van der Waals surface area contributed by atoms with E-state index in [9.17, 15) is 9.59 Å². The molecular weight excluding hydrogens is 298 g/mol. The van der Waals surface area contributed by atoms with Crippen molar-refractivity contribution in [3.05, 3.63) is 23.8 Å². The van der Waals surface area contributed by atoms with Gasteiger partial charge in [0, 0.05) is 11.6 Å². The molecule has 0 radical (unpaired) electrons. The number of hydrazone groups is 1. The van der Waals surface area contributed by atoms with E-state index in [4.69, 9.17) is 9.47 Å². The number of amides is 2. The molecule has 1 fully saturated rings. The summed E-state index contributed by atoms with van der Waals surface area (Å²) in [5.41, 5.74) is 2.84. The molecule has 7 nitrogen and oxygen atoms in total. The van der Waals surface area contributed by atoms with Crippen molar-refractivity contribution < 1.29 is 19.1 Å². The Morgan fingerprint density at radius 3 is 2.57 bits per heavy atom. The molecule has 1 aromatic carbocycles. The third kappa shape index (κ3) is 4.70. The first kappa shape index (κ1) is 16.8. The van der Waals surface area contributed by atoms with Crippen molar-refractivity contribution >= 4 is 18.0 Å². The van der Waals surface area contributed by atoms with E-state index in [-0.39, 0.29) is 6.04 Å². The van der Waals surface area contributed by atoms with Crippen LogP contribution in [-0.2, 0) is 9.59 Å². The largest absolute Gasteiger partial charge is 0.497 e. The fraction of sp³-hybridized carbons (Fsp3) is 0.438. The van der Waals surface area contributed by atoms with Gasteiger partial charge in [-0.1, -0.05) is 12.8 Å². The minimum absolute atomic E-state index is 0.0932. The smallest absolute Gasteiger partial charge is 0.329 e. The van der Waals surface area contributed by atoms with E-state index in [1.54, 1.807) is 25.3 Å². The average Bonchev–Trinajstić information content (AvgIpc) is 3.07. The van der Waals surface area contributed by atoms with Gasteiger partial charge in [0.25, 0.3) is 0 Å². The number of ether oxygens (including phenoxy) is 2. The third-order valence-corrected chi connectivity index (χ3v) is 3.70. The Morgan fingerprint density at radius 2 is 1.91 bits per heavy atom. The molecule has 0 atom stereocenters. The predicted octanol–water partition coefficient (Wildman–Crippen LogP) is 1.21. The van der Waals surface area contributed by atoms with Crippen LogP contribution in [0.15, 0.2) is 23.3 Å². The number of methoxy groups -OCH3 is 2. The molecule has 1 aliphatic carbocycles. The maximum atomic E-state index is 11.7. The number of nitrogens with zero attached hydrogens (tertiary/aromatic N) is 1. The van der Waals surface area contributed by atoms with Crippen LogP contribution in [0.1, 0.15) is 31.2 Å². The molecule has 0 heterocycles. The highest BCUT2D eigenvalue weighted by Gasteiger charge is 2.21. The van der Waals surface area contributed by atoms with Crippen molar-refractivity contribution in [2.24, 2.45) is 5.10 Å². The van der Waals surface area contributed by atoms with E-state index < -0.39 is 11.8 Å². The van der Waals surface area contributed by atoms with Gasteiger partial charge in [-0.05, 0) is 31.0 Å². The Balaban J connectivity index is 1.92. The molecule has 1 aliphatic rings. The molecule has 0 bridgehead atoms. The van der Waals surface area contributed by atoms with Crippen LogP contribution in [-0.4, -0.2) is 38.3 Å². The summed E-state index contributed by atoms with van der Waals surface area (Å²) >= 11 is 0. The molecule has 0 aliphatic heterocycles. The zero-order chi connectivity index (χ0) is 16.7. The normalized spacial score (nSPS) is 14.7. The van der Waals surface area contributed by atoms with E-state index in [1.165, 1.54) is 13.3 Å². The Hall–Kier alpha value is -2.57. The van der Waals surface area contributed by atoms with Gasteiger partial charge in [0.15, 0.2) is 0 Å². The number of hydrogen-bond donors (Lipinski definition) is 2.